The van der Waals surface area contributed by atoms with Crippen molar-refractivity contribution in [2.24, 2.45) is 0 Å². The SMILES string of the molecule is COc1c(C(=O)NC(C)CCC(=O)O)sc(C)c1Br. The second-order valence-corrected chi connectivity index (χ2v) is 6.16. The maximum Gasteiger partial charge on any atom is 0.303 e. The van der Waals surface area contributed by atoms with E-state index in [9.17, 15) is 9.59 Å². The van der Waals surface area contributed by atoms with Gasteiger partial charge in [0.05, 0.1) is 11.6 Å². The highest BCUT2D eigenvalue weighted by Gasteiger charge is 2.21. The zero-order valence-corrected chi connectivity index (χ0v) is 13.4. The molecule has 0 aliphatic carbocycles. The van der Waals surface area contributed by atoms with Gasteiger partial charge in [-0.1, -0.05) is 0 Å². The molecule has 7 heteroatoms. The maximum atomic E-state index is 12.1. The normalized spacial score (nSPS) is 12.0. The first-order chi connectivity index (χ1) is 8.86. The lowest BCUT2D eigenvalue weighted by Crippen LogP contribution is -2.32. The summed E-state index contributed by atoms with van der Waals surface area (Å²) in [5, 5.41) is 11.4. The van der Waals surface area contributed by atoms with Gasteiger partial charge in [-0.15, -0.1) is 11.3 Å². The number of hydrogen-bond donors (Lipinski definition) is 2. The third-order valence-corrected chi connectivity index (χ3v) is 4.85. The number of carboxylic acids is 1. The molecule has 0 aromatic carbocycles. The van der Waals surface area contributed by atoms with E-state index in [4.69, 9.17) is 9.84 Å². The molecule has 1 amide bonds. The molecule has 1 aromatic rings. The Kier molecular flexibility index (Phi) is 5.81. The van der Waals surface area contributed by atoms with Gasteiger partial charge in [-0.2, -0.15) is 0 Å². The minimum Gasteiger partial charge on any atom is -0.494 e. The zero-order chi connectivity index (χ0) is 14.6. The van der Waals surface area contributed by atoms with Crippen LogP contribution < -0.4 is 10.1 Å². The molecule has 0 aliphatic heterocycles. The number of carbonyl (C=O) groups is 2. The standard InChI is InChI=1S/C12H16BrNO4S/c1-6(4-5-8(15)16)14-12(17)11-10(18-3)9(13)7(2)19-11/h6H,4-5H2,1-3H3,(H,14,17)(H,15,16). The molecule has 0 bridgehead atoms. The molecule has 0 aliphatic rings. The molecule has 1 heterocycles. The predicted octanol–water partition coefficient (Wildman–Crippen LogP) is 2.81. The number of rotatable bonds is 6. The number of aliphatic carboxylic acids is 1. The number of carbonyl (C=O) groups excluding carboxylic acids is 1. The molecule has 5 nitrogen and oxygen atoms in total. The first-order valence-corrected chi connectivity index (χ1v) is 7.33. The minimum absolute atomic E-state index is 0.0335. The van der Waals surface area contributed by atoms with Crippen molar-refractivity contribution < 1.29 is 19.4 Å². The summed E-state index contributed by atoms with van der Waals surface area (Å²) >= 11 is 4.71. The van der Waals surface area contributed by atoms with E-state index in [2.05, 4.69) is 21.2 Å². The van der Waals surface area contributed by atoms with Gasteiger partial charge in [-0.05, 0) is 36.2 Å². The quantitative estimate of drug-likeness (QED) is 0.827. The van der Waals surface area contributed by atoms with Gasteiger partial charge < -0.3 is 15.2 Å². The molecule has 0 radical (unpaired) electrons. The first-order valence-electron chi connectivity index (χ1n) is 5.72. The van der Waals surface area contributed by atoms with E-state index in [1.807, 2.05) is 6.92 Å². The lowest BCUT2D eigenvalue weighted by molar-refractivity contribution is -0.137. The number of carboxylic acid groups (broad SMARTS) is 1. The lowest BCUT2D eigenvalue weighted by atomic mass is 10.2. The van der Waals surface area contributed by atoms with Crippen molar-refractivity contribution in [1.29, 1.82) is 0 Å². The Bertz CT molecular complexity index is 486. The van der Waals surface area contributed by atoms with Crippen LogP contribution in [-0.4, -0.2) is 30.1 Å². The Balaban J connectivity index is 2.73. The van der Waals surface area contributed by atoms with Gasteiger partial charge in [-0.25, -0.2) is 0 Å². The summed E-state index contributed by atoms with van der Waals surface area (Å²) in [7, 11) is 1.51. The highest BCUT2D eigenvalue weighted by molar-refractivity contribution is 9.10. The van der Waals surface area contributed by atoms with Crippen LogP contribution in [0.1, 0.15) is 34.3 Å². The molecular weight excluding hydrogens is 334 g/mol. The number of aryl methyl sites for hydroxylation is 1. The van der Waals surface area contributed by atoms with Crippen LogP contribution in [0.4, 0.5) is 0 Å². The topological polar surface area (TPSA) is 75.6 Å². The van der Waals surface area contributed by atoms with E-state index in [0.29, 0.717) is 17.0 Å². The van der Waals surface area contributed by atoms with E-state index >= 15 is 0 Å². The highest BCUT2D eigenvalue weighted by Crippen LogP contribution is 2.39. The Labute approximate surface area is 124 Å². The third kappa shape index (κ3) is 4.21. The van der Waals surface area contributed by atoms with Crippen LogP contribution in [0, 0.1) is 6.92 Å². The largest absolute Gasteiger partial charge is 0.494 e. The number of methoxy groups -OCH3 is 1. The zero-order valence-electron chi connectivity index (χ0n) is 10.9. The van der Waals surface area contributed by atoms with Crippen LogP contribution in [0.25, 0.3) is 0 Å². The van der Waals surface area contributed by atoms with Crippen LogP contribution in [-0.2, 0) is 4.79 Å². The van der Waals surface area contributed by atoms with Crippen LogP contribution in [0.3, 0.4) is 0 Å². The van der Waals surface area contributed by atoms with E-state index in [-0.39, 0.29) is 18.4 Å². The van der Waals surface area contributed by atoms with E-state index in [0.717, 1.165) is 9.35 Å². The monoisotopic (exact) mass is 349 g/mol. The third-order valence-electron chi connectivity index (χ3n) is 2.55. The molecule has 1 unspecified atom stereocenters. The molecule has 0 fully saturated rings. The Morgan fingerprint density at radius 3 is 2.68 bits per heavy atom. The predicted molar refractivity (Wildman–Crippen MR) is 77.1 cm³/mol. The van der Waals surface area contributed by atoms with Gasteiger partial charge in [0.25, 0.3) is 5.91 Å². The van der Waals surface area contributed by atoms with Crippen LogP contribution in [0.2, 0.25) is 0 Å². The van der Waals surface area contributed by atoms with Gasteiger partial charge >= 0.3 is 5.97 Å². The molecule has 0 saturated carbocycles. The summed E-state index contributed by atoms with van der Waals surface area (Å²) in [6.45, 7) is 3.67. The lowest BCUT2D eigenvalue weighted by Gasteiger charge is -2.12. The summed E-state index contributed by atoms with van der Waals surface area (Å²) in [6, 6.07) is -0.200. The van der Waals surface area contributed by atoms with Gasteiger partial charge in [0, 0.05) is 17.3 Å². The van der Waals surface area contributed by atoms with E-state index in [1.54, 1.807) is 6.92 Å². The van der Waals surface area contributed by atoms with Crippen LogP contribution >= 0.6 is 27.3 Å². The first kappa shape index (κ1) is 16.0. The molecule has 0 saturated heterocycles. The van der Waals surface area contributed by atoms with Crippen LogP contribution in [0.5, 0.6) is 5.75 Å². The summed E-state index contributed by atoms with van der Waals surface area (Å²) in [5.41, 5.74) is 0. The molecule has 19 heavy (non-hydrogen) atoms. The summed E-state index contributed by atoms with van der Waals surface area (Å²) in [6.07, 6.45) is 0.431. The van der Waals surface area contributed by atoms with Crippen LogP contribution in [0.15, 0.2) is 4.47 Å². The summed E-state index contributed by atoms with van der Waals surface area (Å²) < 4.78 is 5.99. The fourth-order valence-corrected chi connectivity index (χ4v) is 3.19. The molecule has 1 aromatic heterocycles. The fourth-order valence-electron chi connectivity index (χ4n) is 1.54. The number of ether oxygens (including phenoxy) is 1. The highest BCUT2D eigenvalue weighted by atomic mass is 79.9. The number of hydrogen-bond acceptors (Lipinski definition) is 4. The second kappa shape index (κ2) is 6.91. The van der Waals surface area contributed by atoms with Crippen molar-refractivity contribution in [3.8, 4) is 5.75 Å². The molecule has 106 valence electrons. The van der Waals surface area contributed by atoms with Crippen molar-refractivity contribution in [1.82, 2.24) is 5.32 Å². The van der Waals surface area contributed by atoms with Crippen molar-refractivity contribution >= 4 is 39.1 Å². The molecule has 1 atom stereocenters. The average Bonchev–Trinajstić information content (AvgIpc) is 2.63. The summed E-state index contributed by atoms with van der Waals surface area (Å²) in [5.74, 6) is -0.590. The Morgan fingerprint density at radius 1 is 1.53 bits per heavy atom. The summed E-state index contributed by atoms with van der Waals surface area (Å²) in [4.78, 5) is 24.0. The number of amides is 1. The molecule has 2 N–H and O–H groups in total. The fraction of sp³-hybridized carbons (Fsp3) is 0.500. The van der Waals surface area contributed by atoms with Gasteiger partial charge in [0.2, 0.25) is 0 Å². The Morgan fingerprint density at radius 2 is 2.16 bits per heavy atom. The second-order valence-electron chi connectivity index (χ2n) is 4.14. The number of halogens is 1. The molecule has 0 spiro atoms. The molecule has 1 rings (SSSR count). The number of thiophene rings is 1. The van der Waals surface area contributed by atoms with Crippen molar-refractivity contribution in [3.05, 3.63) is 14.2 Å². The number of nitrogens with one attached hydrogen (secondary N) is 1. The minimum atomic E-state index is -0.867. The van der Waals surface area contributed by atoms with Gasteiger partial charge in [0.1, 0.15) is 4.88 Å². The average molecular weight is 350 g/mol. The van der Waals surface area contributed by atoms with E-state index < -0.39 is 5.97 Å². The van der Waals surface area contributed by atoms with Crippen molar-refractivity contribution in [3.63, 3.8) is 0 Å². The van der Waals surface area contributed by atoms with E-state index in [1.165, 1.54) is 18.4 Å². The van der Waals surface area contributed by atoms with Crippen molar-refractivity contribution in [2.45, 2.75) is 32.7 Å². The van der Waals surface area contributed by atoms with Gasteiger partial charge in [0.15, 0.2) is 5.75 Å². The van der Waals surface area contributed by atoms with Crippen molar-refractivity contribution in [2.75, 3.05) is 7.11 Å². The Hall–Kier alpha value is -1.08. The maximum absolute atomic E-state index is 12.1. The van der Waals surface area contributed by atoms with Gasteiger partial charge in [-0.3, -0.25) is 9.59 Å². The smallest absolute Gasteiger partial charge is 0.303 e. The molecular formula is C12H16BrNO4S.